The highest BCUT2D eigenvalue weighted by atomic mass is 16.5. The Kier molecular flexibility index (Phi) is 3.53. The molecule has 0 spiro atoms. The average molecular weight is 324 g/mol. The maximum atomic E-state index is 12.5. The molecule has 0 aliphatic carbocycles. The Morgan fingerprint density at radius 1 is 1.29 bits per heavy atom. The molecule has 2 heterocycles. The SMILES string of the molecule is COc1cccc2c1OC[C@@H](NC(=O)c1ccc3n[nH]nc3c1)C2. The van der Waals surface area contributed by atoms with Crippen LogP contribution in [0.3, 0.4) is 0 Å². The number of methoxy groups -OCH3 is 1. The van der Waals surface area contributed by atoms with Crippen LogP contribution in [0.15, 0.2) is 36.4 Å². The summed E-state index contributed by atoms with van der Waals surface area (Å²) in [6, 6.07) is 10.9. The first-order valence-electron chi connectivity index (χ1n) is 7.64. The first-order valence-corrected chi connectivity index (χ1v) is 7.64. The van der Waals surface area contributed by atoms with Gasteiger partial charge in [0.2, 0.25) is 0 Å². The van der Waals surface area contributed by atoms with Gasteiger partial charge in [-0.1, -0.05) is 12.1 Å². The molecule has 122 valence electrons. The lowest BCUT2D eigenvalue weighted by Crippen LogP contribution is -2.42. The van der Waals surface area contributed by atoms with E-state index in [-0.39, 0.29) is 11.9 Å². The number of fused-ring (bicyclic) bond motifs is 2. The van der Waals surface area contributed by atoms with E-state index in [9.17, 15) is 4.79 Å². The van der Waals surface area contributed by atoms with Crippen LogP contribution in [-0.4, -0.2) is 41.1 Å². The first kappa shape index (κ1) is 14.5. The highest BCUT2D eigenvalue weighted by molar-refractivity contribution is 5.97. The van der Waals surface area contributed by atoms with Crippen LogP contribution >= 0.6 is 0 Å². The number of nitrogens with one attached hydrogen (secondary N) is 2. The van der Waals surface area contributed by atoms with Crippen LogP contribution in [0.25, 0.3) is 11.0 Å². The van der Waals surface area contributed by atoms with Gasteiger partial charge in [-0.2, -0.15) is 15.4 Å². The van der Waals surface area contributed by atoms with E-state index < -0.39 is 0 Å². The molecule has 7 nitrogen and oxygen atoms in total. The van der Waals surface area contributed by atoms with Gasteiger partial charge in [-0.05, 0) is 30.7 Å². The molecule has 0 bridgehead atoms. The van der Waals surface area contributed by atoms with Crippen molar-refractivity contribution in [2.45, 2.75) is 12.5 Å². The number of H-pyrrole nitrogens is 1. The maximum Gasteiger partial charge on any atom is 0.251 e. The molecule has 1 aliphatic rings. The van der Waals surface area contributed by atoms with E-state index >= 15 is 0 Å². The second kappa shape index (κ2) is 5.84. The van der Waals surface area contributed by atoms with Crippen molar-refractivity contribution >= 4 is 16.9 Å². The zero-order chi connectivity index (χ0) is 16.5. The molecule has 1 aliphatic heterocycles. The second-order valence-corrected chi connectivity index (χ2v) is 5.66. The van der Waals surface area contributed by atoms with E-state index in [0.717, 1.165) is 16.8 Å². The molecule has 2 N–H and O–H groups in total. The summed E-state index contributed by atoms with van der Waals surface area (Å²) in [5, 5.41) is 13.5. The van der Waals surface area contributed by atoms with E-state index in [1.807, 2.05) is 18.2 Å². The predicted molar refractivity (Wildman–Crippen MR) is 87.3 cm³/mol. The lowest BCUT2D eigenvalue weighted by Gasteiger charge is -2.27. The number of nitrogens with zero attached hydrogens (tertiary/aromatic N) is 2. The molecule has 24 heavy (non-hydrogen) atoms. The number of hydrogen-bond acceptors (Lipinski definition) is 5. The maximum absolute atomic E-state index is 12.5. The fourth-order valence-electron chi connectivity index (χ4n) is 2.90. The van der Waals surface area contributed by atoms with Crippen LogP contribution in [0.2, 0.25) is 0 Å². The predicted octanol–water partition coefficient (Wildman–Crippen LogP) is 1.70. The summed E-state index contributed by atoms with van der Waals surface area (Å²) in [5.74, 6) is 1.32. The van der Waals surface area contributed by atoms with Crippen LogP contribution in [0, 0.1) is 0 Å². The molecule has 0 saturated heterocycles. The van der Waals surface area contributed by atoms with Gasteiger partial charge in [-0.15, -0.1) is 0 Å². The zero-order valence-corrected chi connectivity index (χ0v) is 13.1. The molecular weight excluding hydrogens is 308 g/mol. The van der Waals surface area contributed by atoms with Crippen molar-refractivity contribution in [3.8, 4) is 11.5 Å². The van der Waals surface area contributed by atoms with Gasteiger partial charge in [0, 0.05) is 11.1 Å². The molecule has 4 rings (SSSR count). The topological polar surface area (TPSA) is 89.1 Å². The number of rotatable bonds is 3. The van der Waals surface area contributed by atoms with Gasteiger partial charge in [0.1, 0.15) is 17.6 Å². The van der Waals surface area contributed by atoms with Crippen molar-refractivity contribution < 1.29 is 14.3 Å². The summed E-state index contributed by atoms with van der Waals surface area (Å²) in [7, 11) is 1.62. The highest BCUT2D eigenvalue weighted by Gasteiger charge is 2.24. The molecule has 1 amide bonds. The Morgan fingerprint density at radius 2 is 2.17 bits per heavy atom. The minimum absolute atomic E-state index is 0.0925. The minimum Gasteiger partial charge on any atom is -0.493 e. The lowest BCUT2D eigenvalue weighted by molar-refractivity contribution is 0.0914. The summed E-state index contributed by atoms with van der Waals surface area (Å²) in [6.45, 7) is 0.408. The van der Waals surface area contributed by atoms with E-state index in [1.165, 1.54) is 0 Å². The van der Waals surface area contributed by atoms with E-state index in [2.05, 4.69) is 20.7 Å². The molecule has 0 fully saturated rings. The fraction of sp³-hybridized carbons (Fsp3) is 0.235. The number of hydrogen-bond donors (Lipinski definition) is 2. The number of para-hydroxylation sites is 1. The number of carbonyl (C=O) groups is 1. The van der Waals surface area contributed by atoms with Crippen molar-refractivity contribution in [3.05, 3.63) is 47.5 Å². The number of amides is 1. The molecule has 1 atom stereocenters. The summed E-state index contributed by atoms with van der Waals surface area (Å²) in [5.41, 5.74) is 2.97. The molecule has 7 heteroatoms. The zero-order valence-electron chi connectivity index (χ0n) is 13.1. The Morgan fingerprint density at radius 3 is 3.04 bits per heavy atom. The monoisotopic (exact) mass is 324 g/mol. The van der Waals surface area contributed by atoms with Gasteiger partial charge in [0.15, 0.2) is 11.5 Å². The highest BCUT2D eigenvalue weighted by Crippen LogP contribution is 2.34. The van der Waals surface area contributed by atoms with Crippen LogP contribution in [0.4, 0.5) is 0 Å². The van der Waals surface area contributed by atoms with Crippen LogP contribution in [0.5, 0.6) is 11.5 Å². The summed E-state index contributed by atoms with van der Waals surface area (Å²) < 4.78 is 11.1. The molecule has 2 aromatic carbocycles. The molecule has 0 unspecified atom stereocenters. The van der Waals surface area contributed by atoms with Crippen molar-refractivity contribution in [2.75, 3.05) is 13.7 Å². The van der Waals surface area contributed by atoms with Crippen LogP contribution in [-0.2, 0) is 6.42 Å². The Labute approximate surface area is 138 Å². The molecular formula is C17H16N4O3. The third-order valence-corrected chi connectivity index (χ3v) is 4.09. The smallest absolute Gasteiger partial charge is 0.251 e. The quantitative estimate of drug-likeness (QED) is 0.765. The minimum atomic E-state index is -0.153. The third kappa shape index (κ3) is 2.54. The van der Waals surface area contributed by atoms with Gasteiger partial charge in [-0.25, -0.2) is 0 Å². The number of ether oxygens (including phenoxy) is 2. The summed E-state index contributed by atoms with van der Waals surface area (Å²) in [6.07, 6.45) is 0.699. The fourth-order valence-corrected chi connectivity index (χ4v) is 2.90. The number of carbonyl (C=O) groups excluding carboxylic acids is 1. The Bertz CT molecular complexity index is 906. The van der Waals surface area contributed by atoms with Crippen molar-refractivity contribution in [3.63, 3.8) is 0 Å². The van der Waals surface area contributed by atoms with Gasteiger partial charge in [-0.3, -0.25) is 4.79 Å². The van der Waals surface area contributed by atoms with Gasteiger partial charge >= 0.3 is 0 Å². The standard InChI is InChI=1S/C17H16N4O3/c1-23-15-4-2-3-10-7-12(9-24-16(10)15)18-17(22)11-5-6-13-14(8-11)20-21-19-13/h2-6,8,12H,7,9H2,1H3,(H,18,22)(H,19,20,21)/t12-/m0/s1. The van der Waals surface area contributed by atoms with E-state index in [1.54, 1.807) is 25.3 Å². The molecule has 0 saturated carbocycles. The van der Waals surface area contributed by atoms with Gasteiger partial charge < -0.3 is 14.8 Å². The Balaban J connectivity index is 1.50. The number of benzene rings is 2. The Hall–Kier alpha value is -3.09. The van der Waals surface area contributed by atoms with Gasteiger partial charge in [0.05, 0.1) is 13.2 Å². The lowest BCUT2D eigenvalue weighted by atomic mass is 10.0. The first-order chi connectivity index (χ1) is 11.7. The average Bonchev–Trinajstić information content (AvgIpc) is 3.08. The molecule has 1 aromatic heterocycles. The number of aromatic nitrogens is 3. The number of aromatic amines is 1. The molecule has 3 aromatic rings. The van der Waals surface area contributed by atoms with E-state index in [4.69, 9.17) is 9.47 Å². The van der Waals surface area contributed by atoms with Crippen LogP contribution in [0.1, 0.15) is 15.9 Å². The second-order valence-electron chi connectivity index (χ2n) is 5.66. The van der Waals surface area contributed by atoms with Crippen molar-refractivity contribution in [2.24, 2.45) is 0 Å². The molecule has 0 radical (unpaired) electrons. The largest absolute Gasteiger partial charge is 0.493 e. The van der Waals surface area contributed by atoms with Crippen molar-refractivity contribution in [1.82, 2.24) is 20.7 Å². The van der Waals surface area contributed by atoms with E-state index in [0.29, 0.717) is 29.9 Å². The van der Waals surface area contributed by atoms with Gasteiger partial charge in [0.25, 0.3) is 5.91 Å². The normalized spacial score (nSPS) is 16.3. The summed E-state index contributed by atoms with van der Waals surface area (Å²) in [4.78, 5) is 12.5. The van der Waals surface area contributed by atoms with Crippen molar-refractivity contribution in [1.29, 1.82) is 0 Å². The van der Waals surface area contributed by atoms with Crippen LogP contribution < -0.4 is 14.8 Å². The summed E-state index contributed by atoms with van der Waals surface area (Å²) >= 11 is 0. The third-order valence-electron chi connectivity index (χ3n) is 4.09.